The summed E-state index contributed by atoms with van der Waals surface area (Å²) in [6.45, 7) is 3.05. The second-order valence-electron chi connectivity index (χ2n) is 6.56. The maximum Gasteiger partial charge on any atom is 0.410 e. The average molecular weight is 348 g/mol. The number of carbonyl (C=O) groups is 2. The summed E-state index contributed by atoms with van der Waals surface area (Å²) in [6, 6.07) is 8.74. The lowest BCUT2D eigenvalue weighted by Crippen LogP contribution is -2.47. The van der Waals surface area contributed by atoms with Gasteiger partial charge in [0.2, 0.25) is 5.91 Å². The molecule has 0 bridgehead atoms. The van der Waals surface area contributed by atoms with Gasteiger partial charge in [-0.25, -0.2) is 4.79 Å². The minimum Gasteiger partial charge on any atom is -0.445 e. The van der Waals surface area contributed by atoms with E-state index in [1.54, 1.807) is 11.9 Å². The number of likely N-dealkylation sites (tertiary alicyclic amines) is 1. The van der Waals surface area contributed by atoms with Crippen LogP contribution in [0.2, 0.25) is 0 Å². The number of rotatable bonds is 7. The molecule has 6 nitrogen and oxygen atoms in total. The summed E-state index contributed by atoms with van der Waals surface area (Å²) in [6.07, 6.45) is 2.10. The predicted octanol–water partition coefficient (Wildman–Crippen LogP) is 2.41. The molecule has 0 aliphatic carbocycles. The van der Waals surface area contributed by atoms with Crippen LogP contribution >= 0.6 is 0 Å². The van der Waals surface area contributed by atoms with Crippen LogP contribution in [0.5, 0.6) is 0 Å². The second kappa shape index (κ2) is 9.42. The molecular formula is C19H28N2O4. The van der Waals surface area contributed by atoms with Gasteiger partial charge in [-0.05, 0) is 12.0 Å². The zero-order valence-electron chi connectivity index (χ0n) is 15.1. The maximum atomic E-state index is 12.6. The summed E-state index contributed by atoms with van der Waals surface area (Å²) in [4.78, 5) is 28.0. The Morgan fingerprint density at radius 1 is 1.28 bits per heavy atom. The normalized spacial score (nSPS) is 19.7. The van der Waals surface area contributed by atoms with Gasteiger partial charge in [-0.3, -0.25) is 9.69 Å². The molecule has 1 aromatic carbocycles. The van der Waals surface area contributed by atoms with E-state index in [1.807, 2.05) is 30.3 Å². The molecule has 1 N–H and O–H groups in total. The number of benzene rings is 1. The number of aliphatic hydroxyl groups is 1. The molecule has 25 heavy (non-hydrogen) atoms. The molecule has 1 unspecified atom stereocenters. The van der Waals surface area contributed by atoms with Crippen LogP contribution in [0.4, 0.5) is 4.79 Å². The van der Waals surface area contributed by atoms with E-state index in [0.717, 1.165) is 24.8 Å². The van der Waals surface area contributed by atoms with Crippen molar-refractivity contribution in [3.8, 4) is 0 Å². The van der Waals surface area contributed by atoms with Crippen molar-refractivity contribution in [1.29, 1.82) is 0 Å². The lowest BCUT2D eigenvalue weighted by Gasteiger charge is -2.27. The highest BCUT2D eigenvalue weighted by Gasteiger charge is 2.40. The third-order valence-electron chi connectivity index (χ3n) is 4.48. The minimum atomic E-state index is -0.692. The third kappa shape index (κ3) is 5.46. The number of aliphatic hydroxyl groups excluding tert-OH is 1. The fourth-order valence-electron chi connectivity index (χ4n) is 3.02. The predicted molar refractivity (Wildman–Crippen MR) is 94.9 cm³/mol. The molecule has 0 spiro atoms. The van der Waals surface area contributed by atoms with Crippen LogP contribution in [-0.2, 0) is 16.1 Å². The van der Waals surface area contributed by atoms with Crippen molar-refractivity contribution < 1.29 is 19.4 Å². The third-order valence-corrected chi connectivity index (χ3v) is 4.48. The van der Waals surface area contributed by atoms with E-state index in [0.29, 0.717) is 6.54 Å². The van der Waals surface area contributed by atoms with Crippen molar-refractivity contribution >= 4 is 12.0 Å². The van der Waals surface area contributed by atoms with Crippen LogP contribution in [0.15, 0.2) is 30.3 Å². The van der Waals surface area contributed by atoms with Gasteiger partial charge in [-0.1, -0.05) is 50.1 Å². The summed E-state index contributed by atoms with van der Waals surface area (Å²) in [5.41, 5.74) is 0.884. The molecule has 2 atom stereocenters. The monoisotopic (exact) mass is 348 g/mol. The van der Waals surface area contributed by atoms with Crippen LogP contribution in [-0.4, -0.2) is 59.2 Å². The Bertz CT molecular complexity index is 564. The highest BCUT2D eigenvalue weighted by molar-refractivity contribution is 5.86. The van der Waals surface area contributed by atoms with Crippen LogP contribution < -0.4 is 0 Å². The SMILES string of the molecule is CCCCCN(C)C(=O)[C@@H]1CC(O)CN1C(=O)OCc1ccccc1. The molecule has 1 aromatic rings. The maximum absolute atomic E-state index is 12.6. The number of amides is 2. The van der Waals surface area contributed by atoms with Crippen molar-refractivity contribution in [1.82, 2.24) is 9.80 Å². The van der Waals surface area contributed by atoms with E-state index < -0.39 is 18.2 Å². The first-order chi connectivity index (χ1) is 12.0. The Kier molecular flexibility index (Phi) is 7.25. The Morgan fingerprint density at radius 3 is 2.68 bits per heavy atom. The molecule has 0 aromatic heterocycles. The van der Waals surface area contributed by atoms with Crippen molar-refractivity contribution in [2.75, 3.05) is 20.1 Å². The van der Waals surface area contributed by atoms with Gasteiger partial charge in [0.25, 0.3) is 0 Å². The summed E-state index contributed by atoms with van der Waals surface area (Å²) in [5.74, 6) is -0.135. The second-order valence-corrected chi connectivity index (χ2v) is 6.56. The fourth-order valence-corrected chi connectivity index (χ4v) is 3.02. The number of unbranched alkanes of at least 4 members (excludes halogenated alkanes) is 2. The molecule has 1 saturated heterocycles. The number of β-amino-alcohol motifs (C(OH)–C–C–N with tert-alkyl or cyclic N) is 1. The average Bonchev–Trinajstić information content (AvgIpc) is 3.02. The van der Waals surface area contributed by atoms with Crippen LogP contribution in [0.25, 0.3) is 0 Å². The summed E-state index contributed by atoms with van der Waals surface area (Å²) >= 11 is 0. The van der Waals surface area contributed by atoms with Gasteiger partial charge in [0.1, 0.15) is 12.6 Å². The van der Waals surface area contributed by atoms with E-state index in [1.165, 1.54) is 4.90 Å². The van der Waals surface area contributed by atoms with Gasteiger partial charge in [0.05, 0.1) is 12.6 Å². The molecule has 1 aliphatic rings. The van der Waals surface area contributed by atoms with Gasteiger partial charge < -0.3 is 14.7 Å². The highest BCUT2D eigenvalue weighted by Crippen LogP contribution is 2.21. The smallest absolute Gasteiger partial charge is 0.410 e. The molecule has 6 heteroatoms. The van der Waals surface area contributed by atoms with Gasteiger partial charge >= 0.3 is 6.09 Å². The fraction of sp³-hybridized carbons (Fsp3) is 0.579. The Hall–Kier alpha value is -2.08. The largest absolute Gasteiger partial charge is 0.445 e. The highest BCUT2D eigenvalue weighted by atomic mass is 16.6. The molecule has 2 rings (SSSR count). The van der Waals surface area contributed by atoms with Gasteiger partial charge in [0, 0.05) is 20.0 Å². The zero-order valence-corrected chi connectivity index (χ0v) is 15.1. The molecular weight excluding hydrogens is 320 g/mol. The Labute approximate surface area is 149 Å². The van der Waals surface area contributed by atoms with Crippen molar-refractivity contribution in [2.45, 2.75) is 51.4 Å². The number of likely N-dealkylation sites (N-methyl/N-ethyl adjacent to an activating group) is 1. The van der Waals surface area contributed by atoms with Gasteiger partial charge in [0.15, 0.2) is 0 Å². The van der Waals surface area contributed by atoms with E-state index in [4.69, 9.17) is 4.74 Å². The number of carbonyl (C=O) groups excluding carboxylic acids is 2. The molecule has 1 fully saturated rings. The standard InChI is InChI=1S/C19H28N2O4/c1-3-4-8-11-20(2)18(23)17-12-16(22)13-21(17)19(24)25-14-15-9-6-5-7-10-15/h5-7,9-10,16-17,22H,3-4,8,11-14H2,1-2H3/t16?,17-/m0/s1. The first-order valence-corrected chi connectivity index (χ1v) is 8.93. The first-order valence-electron chi connectivity index (χ1n) is 8.93. The van der Waals surface area contributed by atoms with E-state index in [9.17, 15) is 14.7 Å². The van der Waals surface area contributed by atoms with Crippen molar-refractivity contribution in [3.05, 3.63) is 35.9 Å². The van der Waals surface area contributed by atoms with Gasteiger partial charge in [-0.15, -0.1) is 0 Å². The van der Waals surface area contributed by atoms with E-state index in [2.05, 4.69) is 6.92 Å². The quantitative estimate of drug-likeness (QED) is 0.768. The Balaban J connectivity index is 1.92. The summed E-state index contributed by atoms with van der Waals surface area (Å²) in [5, 5.41) is 9.93. The van der Waals surface area contributed by atoms with E-state index in [-0.39, 0.29) is 25.5 Å². The molecule has 2 amide bonds. The number of nitrogens with zero attached hydrogens (tertiary/aromatic N) is 2. The first kappa shape index (κ1) is 19.2. The summed E-state index contributed by atoms with van der Waals surface area (Å²) < 4.78 is 5.32. The van der Waals surface area contributed by atoms with Gasteiger partial charge in [-0.2, -0.15) is 0 Å². The lowest BCUT2D eigenvalue weighted by molar-refractivity contribution is -0.134. The molecule has 138 valence electrons. The number of hydrogen-bond donors (Lipinski definition) is 1. The number of ether oxygens (including phenoxy) is 1. The zero-order chi connectivity index (χ0) is 18.2. The molecule has 0 saturated carbocycles. The Morgan fingerprint density at radius 2 is 2.00 bits per heavy atom. The molecule has 0 radical (unpaired) electrons. The topological polar surface area (TPSA) is 70.1 Å². The minimum absolute atomic E-state index is 0.132. The molecule has 1 aliphatic heterocycles. The van der Waals surface area contributed by atoms with E-state index >= 15 is 0 Å². The number of hydrogen-bond acceptors (Lipinski definition) is 4. The van der Waals surface area contributed by atoms with Crippen molar-refractivity contribution in [2.24, 2.45) is 0 Å². The van der Waals surface area contributed by atoms with Crippen LogP contribution in [0.3, 0.4) is 0 Å². The lowest BCUT2D eigenvalue weighted by atomic mass is 10.1. The molecule has 1 heterocycles. The van der Waals surface area contributed by atoms with Crippen molar-refractivity contribution in [3.63, 3.8) is 0 Å². The van der Waals surface area contributed by atoms with Crippen LogP contribution in [0, 0.1) is 0 Å². The van der Waals surface area contributed by atoms with Crippen LogP contribution in [0.1, 0.15) is 38.2 Å². The summed E-state index contributed by atoms with van der Waals surface area (Å²) in [7, 11) is 1.75.